The van der Waals surface area contributed by atoms with Gasteiger partial charge in [-0.2, -0.15) is 0 Å². The molecule has 0 atom stereocenters. The highest BCUT2D eigenvalue weighted by molar-refractivity contribution is 8.19. The number of ether oxygens (including phenoxy) is 1. The molecule has 0 spiro atoms. The monoisotopic (exact) mass is 461 g/mol. The minimum atomic E-state index is -0.359. The first-order valence-corrected chi connectivity index (χ1v) is 11.0. The highest BCUT2D eigenvalue weighted by Crippen LogP contribution is 2.39. The molecule has 1 aliphatic rings. The van der Waals surface area contributed by atoms with Crippen LogP contribution < -0.4 is 15.4 Å². The smallest absolute Gasteiger partial charge is 0.271 e. The number of nitrogens with two attached hydrogens (primary N) is 1. The number of aliphatic hydroxyl groups excluding tert-OH is 1. The van der Waals surface area contributed by atoms with Crippen molar-refractivity contribution in [2.24, 2.45) is 10.7 Å². The van der Waals surface area contributed by atoms with Gasteiger partial charge in [-0.1, -0.05) is 30.3 Å². The number of para-hydroxylation sites is 1. The van der Waals surface area contributed by atoms with Gasteiger partial charge in [-0.3, -0.25) is 9.69 Å². The summed E-state index contributed by atoms with van der Waals surface area (Å²) in [6.07, 6.45) is 1.70. The topological polar surface area (TPSA) is 108 Å². The summed E-state index contributed by atoms with van der Waals surface area (Å²) >= 11 is 1.25. The normalized spacial score (nSPS) is 16.1. The van der Waals surface area contributed by atoms with Crippen LogP contribution in [0.5, 0.6) is 11.5 Å². The molecule has 0 radical (unpaired) electrons. The summed E-state index contributed by atoms with van der Waals surface area (Å²) in [5.41, 5.74) is 9.02. The number of aromatic hydroxyl groups is 1. The number of nitrogens with zero attached hydrogens (tertiary/aromatic N) is 2. The van der Waals surface area contributed by atoms with E-state index in [2.05, 4.69) is 0 Å². The molecule has 0 aliphatic carbocycles. The molecule has 0 unspecified atom stereocenters. The summed E-state index contributed by atoms with van der Waals surface area (Å²) in [5, 5.41) is 20.2. The number of hydrogen-bond donors (Lipinski definition) is 3. The van der Waals surface area contributed by atoms with Gasteiger partial charge in [0.2, 0.25) is 0 Å². The third kappa shape index (κ3) is 4.78. The van der Waals surface area contributed by atoms with Crippen molar-refractivity contribution in [2.75, 3.05) is 12.0 Å². The summed E-state index contributed by atoms with van der Waals surface area (Å²) in [4.78, 5) is 20.1. The molecule has 168 valence electrons. The van der Waals surface area contributed by atoms with Gasteiger partial charge in [-0.25, -0.2) is 4.99 Å². The zero-order valence-corrected chi connectivity index (χ0v) is 18.7. The van der Waals surface area contributed by atoms with Crippen molar-refractivity contribution in [1.29, 1.82) is 0 Å². The van der Waals surface area contributed by atoms with Crippen LogP contribution in [-0.2, 0) is 17.9 Å². The lowest BCUT2D eigenvalue weighted by Gasteiger charge is -2.15. The molecular formula is C25H23N3O4S. The molecule has 4 rings (SSSR count). The van der Waals surface area contributed by atoms with E-state index in [9.17, 15) is 15.0 Å². The SMILES string of the molecule is COc1cc(/C=C2/SC(=Nc3ccc(CN)cc3)N(c3ccccc3)C2=O)cc(CO)c1O. The molecule has 33 heavy (non-hydrogen) atoms. The fraction of sp³-hybridized carbons (Fsp3) is 0.120. The fourth-order valence-electron chi connectivity index (χ4n) is 3.37. The van der Waals surface area contributed by atoms with Crippen LogP contribution in [0.25, 0.3) is 6.08 Å². The third-order valence-corrected chi connectivity index (χ3v) is 6.05. The number of amidine groups is 1. The molecule has 0 saturated carbocycles. The van der Waals surface area contributed by atoms with Gasteiger partial charge in [0.25, 0.3) is 5.91 Å². The van der Waals surface area contributed by atoms with Gasteiger partial charge in [0, 0.05) is 12.1 Å². The summed E-state index contributed by atoms with van der Waals surface area (Å²) in [7, 11) is 1.43. The molecule has 1 fully saturated rings. The number of aliphatic imine (C=N–C) groups is 1. The Hall–Kier alpha value is -3.59. The number of rotatable bonds is 6. The molecule has 1 heterocycles. The van der Waals surface area contributed by atoms with Gasteiger partial charge in [-0.15, -0.1) is 0 Å². The van der Waals surface area contributed by atoms with E-state index in [0.29, 0.717) is 39.1 Å². The maximum atomic E-state index is 13.4. The van der Waals surface area contributed by atoms with E-state index >= 15 is 0 Å². The Kier molecular flexibility index (Phi) is 6.79. The molecule has 0 bridgehead atoms. The van der Waals surface area contributed by atoms with E-state index < -0.39 is 0 Å². The molecule has 8 heteroatoms. The third-order valence-electron chi connectivity index (χ3n) is 5.08. The number of aliphatic hydroxyl groups is 1. The number of benzene rings is 3. The zero-order valence-electron chi connectivity index (χ0n) is 17.9. The van der Waals surface area contributed by atoms with E-state index in [4.69, 9.17) is 15.5 Å². The molecule has 1 saturated heterocycles. The minimum Gasteiger partial charge on any atom is -0.504 e. The first-order chi connectivity index (χ1) is 16.0. The summed E-state index contributed by atoms with van der Waals surface area (Å²) in [6.45, 7) is 0.0843. The molecule has 1 amide bonds. The van der Waals surface area contributed by atoms with Gasteiger partial charge >= 0.3 is 0 Å². The van der Waals surface area contributed by atoms with Gasteiger partial charge in [0.1, 0.15) is 0 Å². The van der Waals surface area contributed by atoms with Crippen LogP contribution in [0.1, 0.15) is 16.7 Å². The predicted octanol–water partition coefficient (Wildman–Crippen LogP) is 4.16. The minimum absolute atomic E-state index is 0.123. The van der Waals surface area contributed by atoms with Crippen molar-refractivity contribution in [2.45, 2.75) is 13.2 Å². The van der Waals surface area contributed by atoms with Crippen molar-refractivity contribution in [1.82, 2.24) is 0 Å². The summed E-state index contributed by atoms with van der Waals surface area (Å²) in [6, 6.07) is 20.1. The van der Waals surface area contributed by atoms with Crippen molar-refractivity contribution in [3.8, 4) is 11.5 Å². The zero-order chi connectivity index (χ0) is 23.4. The second-order valence-electron chi connectivity index (χ2n) is 7.24. The van der Waals surface area contributed by atoms with Gasteiger partial charge in [0.05, 0.1) is 30.0 Å². The van der Waals surface area contributed by atoms with Crippen LogP contribution in [0.3, 0.4) is 0 Å². The fourth-order valence-corrected chi connectivity index (χ4v) is 4.37. The average molecular weight is 462 g/mol. The maximum Gasteiger partial charge on any atom is 0.271 e. The number of methoxy groups -OCH3 is 1. The van der Waals surface area contributed by atoms with E-state index in [1.165, 1.54) is 18.9 Å². The van der Waals surface area contributed by atoms with Crippen LogP contribution in [0.15, 0.2) is 76.6 Å². The molecule has 3 aromatic rings. The van der Waals surface area contributed by atoms with Crippen LogP contribution in [0, 0.1) is 0 Å². The van der Waals surface area contributed by atoms with Crippen LogP contribution in [0.4, 0.5) is 11.4 Å². The Morgan fingerprint density at radius 1 is 1.12 bits per heavy atom. The Bertz CT molecular complexity index is 1200. The number of amides is 1. The second-order valence-corrected chi connectivity index (χ2v) is 8.25. The highest BCUT2D eigenvalue weighted by Gasteiger charge is 2.34. The van der Waals surface area contributed by atoms with Crippen molar-refractivity contribution >= 4 is 40.3 Å². The van der Waals surface area contributed by atoms with Crippen LogP contribution >= 0.6 is 11.8 Å². The number of phenols is 1. The lowest BCUT2D eigenvalue weighted by Crippen LogP contribution is -2.28. The number of anilines is 1. The average Bonchev–Trinajstić information content (AvgIpc) is 3.15. The standard InChI is InChI=1S/C25H23N3O4S/c1-32-21-12-17(11-18(15-29)23(21)30)13-22-24(31)28(20-5-3-2-4-6-20)25(33-22)27-19-9-7-16(14-26)8-10-19/h2-13,29-30H,14-15,26H2,1H3/b22-13+,27-25?. The molecular weight excluding hydrogens is 438 g/mol. The lowest BCUT2D eigenvalue weighted by atomic mass is 10.1. The van der Waals surface area contributed by atoms with Gasteiger partial charge < -0.3 is 20.7 Å². The molecule has 0 aromatic heterocycles. The first kappa shape index (κ1) is 22.6. The van der Waals surface area contributed by atoms with E-state index in [1.54, 1.807) is 23.1 Å². The van der Waals surface area contributed by atoms with Crippen molar-refractivity contribution in [3.63, 3.8) is 0 Å². The predicted molar refractivity (Wildman–Crippen MR) is 132 cm³/mol. The Morgan fingerprint density at radius 3 is 2.48 bits per heavy atom. The quantitative estimate of drug-likeness (QED) is 0.476. The van der Waals surface area contributed by atoms with Crippen LogP contribution in [0.2, 0.25) is 0 Å². The van der Waals surface area contributed by atoms with Crippen molar-refractivity contribution < 1.29 is 19.7 Å². The maximum absolute atomic E-state index is 13.4. The molecule has 7 nitrogen and oxygen atoms in total. The van der Waals surface area contributed by atoms with Gasteiger partial charge in [0.15, 0.2) is 16.7 Å². The number of carbonyl (C=O) groups is 1. The van der Waals surface area contributed by atoms with Gasteiger partial charge in [-0.05, 0) is 65.4 Å². The number of thioether (sulfide) groups is 1. The molecule has 4 N–H and O–H groups in total. The Labute approximate surface area is 195 Å². The number of carbonyl (C=O) groups excluding carboxylic acids is 1. The van der Waals surface area contributed by atoms with Crippen LogP contribution in [-0.4, -0.2) is 28.4 Å². The van der Waals surface area contributed by atoms with E-state index in [-0.39, 0.29) is 24.0 Å². The lowest BCUT2D eigenvalue weighted by molar-refractivity contribution is -0.113. The molecule has 3 aromatic carbocycles. The van der Waals surface area contributed by atoms with E-state index in [1.807, 2.05) is 54.6 Å². The Morgan fingerprint density at radius 2 is 1.85 bits per heavy atom. The molecule has 1 aliphatic heterocycles. The van der Waals surface area contributed by atoms with E-state index in [0.717, 1.165) is 5.56 Å². The summed E-state index contributed by atoms with van der Waals surface area (Å²) in [5.74, 6) is -0.125. The first-order valence-electron chi connectivity index (χ1n) is 10.2. The summed E-state index contributed by atoms with van der Waals surface area (Å²) < 4.78 is 5.20. The second kappa shape index (κ2) is 9.91. The van der Waals surface area contributed by atoms with Crippen molar-refractivity contribution in [3.05, 3.63) is 88.3 Å². The number of hydrogen-bond acceptors (Lipinski definition) is 7. The largest absolute Gasteiger partial charge is 0.504 e. The Balaban J connectivity index is 1.77. The highest BCUT2D eigenvalue weighted by atomic mass is 32.2.